The number of aromatic amines is 1. The Hall–Kier alpha value is -2.79. The van der Waals surface area contributed by atoms with Crippen LogP contribution in [0.2, 0.25) is 0 Å². The molecule has 0 saturated carbocycles. The molecule has 3 aromatic rings. The summed E-state index contributed by atoms with van der Waals surface area (Å²) >= 11 is 0. The largest absolute Gasteiger partial charge is 0.497 e. The predicted molar refractivity (Wildman–Crippen MR) is 102 cm³/mol. The van der Waals surface area contributed by atoms with E-state index in [-0.39, 0.29) is 5.97 Å². The summed E-state index contributed by atoms with van der Waals surface area (Å²) < 4.78 is 10.1. The Kier molecular flexibility index (Phi) is 5.58. The van der Waals surface area contributed by atoms with Gasteiger partial charge in [0.15, 0.2) is 0 Å². The lowest BCUT2D eigenvalue weighted by atomic mass is 10.1. The van der Waals surface area contributed by atoms with E-state index in [9.17, 15) is 4.79 Å². The third-order valence-corrected chi connectivity index (χ3v) is 4.65. The van der Waals surface area contributed by atoms with Crippen LogP contribution in [0.3, 0.4) is 0 Å². The molecule has 0 bridgehead atoms. The van der Waals surface area contributed by atoms with Crippen LogP contribution in [-0.2, 0) is 17.7 Å². The molecule has 5 heteroatoms. The number of aryl methyl sites for hydroxylation is 1. The number of carbonyl (C=O) groups is 1. The molecule has 0 aliphatic rings. The number of rotatable bonds is 7. The van der Waals surface area contributed by atoms with E-state index in [0.717, 1.165) is 36.3 Å². The van der Waals surface area contributed by atoms with Gasteiger partial charge in [0.2, 0.25) is 0 Å². The number of methoxy groups -OCH3 is 2. The molecule has 0 atom stereocenters. The fourth-order valence-corrected chi connectivity index (χ4v) is 3.27. The van der Waals surface area contributed by atoms with Gasteiger partial charge >= 0.3 is 5.97 Å². The summed E-state index contributed by atoms with van der Waals surface area (Å²) in [6.45, 7) is 3.91. The van der Waals surface area contributed by atoms with E-state index in [2.05, 4.69) is 29.4 Å². The van der Waals surface area contributed by atoms with Crippen LogP contribution < -0.4 is 10.1 Å². The Balaban J connectivity index is 1.63. The fraction of sp³-hybridized carbons (Fsp3) is 0.286. The van der Waals surface area contributed by atoms with E-state index < -0.39 is 0 Å². The van der Waals surface area contributed by atoms with Gasteiger partial charge in [-0.05, 0) is 42.8 Å². The Bertz CT molecular complexity index is 915. The van der Waals surface area contributed by atoms with Gasteiger partial charge in [0.1, 0.15) is 12.3 Å². The van der Waals surface area contributed by atoms with Crippen LogP contribution in [0.25, 0.3) is 10.9 Å². The zero-order chi connectivity index (χ0) is 18.5. The van der Waals surface area contributed by atoms with Gasteiger partial charge in [-0.3, -0.25) is 0 Å². The topological polar surface area (TPSA) is 67.9 Å². The highest BCUT2D eigenvalue weighted by atomic mass is 16.5. The van der Waals surface area contributed by atoms with Crippen molar-refractivity contribution in [3.8, 4) is 5.75 Å². The number of hydrogen-bond acceptors (Lipinski definition) is 3. The van der Waals surface area contributed by atoms with Crippen LogP contribution in [0.15, 0.2) is 42.5 Å². The normalized spacial score (nSPS) is 10.9. The molecular formula is C21H25N2O3+. The Labute approximate surface area is 153 Å². The number of quaternary nitrogens is 1. The van der Waals surface area contributed by atoms with Gasteiger partial charge in [0.25, 0.3) is 0 Å². The number of benzene rings is 2. The van der Waals surface area contributed by atoms with Crippen molar-refractivity contribution in [1.29, 1.82) is 0 Å². The van der Waals surface area contributed by atoms with Gasteiger partial charge in [0, 0.05) is 28.6 Å². The quantitative estimate of drug-likeness (QED) is 0.507. The molecule has 3 rings (SSSR count). The third kappa shape index (κ3) is 3.89. The number of nitrogens with one attached hydrogen (secondary N) is 1. The summed E-state index contributed by atoms with van der Waals surface area (Å²) in [5.74, 6) is 0.580. The number of esters is 1. The number of H-pyrrole nitrogens is 1. The molecule has 3 N–H and O–H groups in total. The molecule has 1 heterocycles. The van der Waals surface area contributed by atoms with E-state index in [4.69, 9.17) is 9.47 Å². The molecule has 0 aliphatic carbocycles. The molecule has 5 nitrogen and oxygen atoms in total. The Morgan fingerprint density at radius 3 is 2.77 bits per heavy atom. The molecule has 1 aromatic heterocycles. The van der Waals surface area contributed by atoms with Gasteiger partial charge < -0.3 is 19.8 Å². The monoisotopic (exact) mass is 353 g/mol. The van der Waals surface area contributed by atoms with Crippen molar-refractivity contribution in [2.75, 3.05) is 20.8 Å². The van der Waals surface area contributed by atoms with Gasteiger partial charge in [0.05, 0.1) is 26.3 Å². The van der Waals surface area contributed by atoms with Gasteiger partial charge in [-0.15, -0.1) is 0 Å². The van der Waals surface area contributed by atoms with E-state index in [0.29, 0.717) is 5.56 Å². The molecule has 0 aliphatic heterocycles. The highest BCUT2D eigenvalue weighted by molar-refractivity contribution is 5.89. The second kappa shape index (κ2) is 8.06. The second-order valence-electron chi connectivity index (χ2n) is 6.36. The maximum absolute atomic E-state index is 11.6. The van der Waals surface area contributed by atoms with Crippen molar-refractivity contribution in [2.24, 2.45) is 0 Å². The summed E-state index contributed by atoms with van der Waals surface area (Å²) in [6.07, 6.45) is 0.968. The molecule has 0 unspecified atom stereocenters. The Morgan fingerprint density at radius 2 is 2.00 bits per heavy atom. The predicted octanol–water partition coefficient (Wildman–Crippen LogP) is 2.58. The van der Waals surface area contributed by atoms with Crippen LogP contribution in [0.1, 0.15) is 27.2 Å². The smallest absolute Gasteiger partial charge is 0.337 e. The molecular weight excluding hydrogens is 328 g/mol. The first kappa shape index (κ1) is 18.0. The van der Waals surface area contributed by atoms with E-state index >= 15 is 0 Å². The number of aromatic nitrogens is 1. The standard InChI is InChI=1S/C21H24N2O3/c1-14-18(19-12-17(25-2)7-8-20(19)23-14)9-10-22-13-15-5-4-6-16(11-15)21(24)26-3/h4-8,11-12,22-23H,9-10,13H2,1-3H3/p+1. The first-order valence-corrected chi connectivity index (χ1v) is 8.76. The number of fused-ring (bicyclic) bond motifs is 1. The molecule has 0 fully saturated rings. The summed E-state index contributed by atoms with van der Waals surface area (Å²) in [7, 11) is 3.09. The molecule has 0 saturated heterocycles. The van der Waals surface area contributed by atoms with Crippen molar-refractivity contribution in [3.05, 3.63) is 64.8 Å². The van der Waals surface area contributed by atoms with E-state index in [1.165, 1.54) is 23.8 Å². The fourth-order valence-electron chi connectivity index (χ4n) is 3.27. The minimum absolute atomic E-state index is 0.296. The molecule has 26 heavy (non-hydrogen) atoms. The zero-order valence-electron chi connectivity index (χ0n) is 15.5. The second-order valence-corrected chi connectivity index (χ2v) is 6.36. The molecule has 2 aromatic carbocycles. The average Bonchev–Trinajstić information content (AvgIpc) is 2.99. The van der Waals surface area contributed by atoms with E-state index in [1.807, 2.05) is 24.3 Å². The SMILES string of the molecule is COC(=O)c1cccc(C[NH2+]CCc2c(C)[nH]c3ccc(OC)cc23)c1. The summed E-state index contributed by atoms with van der Waals surface area (Å²) in [5.41, 5.74) is 5.39. The van der Waals surface area contributed by atoms with Crippen LogP contribution in [0, 0.1) is 6.92 Å². The molecule has 136 valence electrons. The highest BCUT2D eigenvalue weighted by Crippen LogP contribution is 2.26. The van der Waals surface area contributed by atoms with Gasteiger partial charge in [-0.2, -0.15) is 0 Å². The van der Waals surface area contributed by atoms with Crippen LogP contribution >= 0.6 is 0 Å². The number of ether oxygens (including phenoxy) is 2. The first-order chi connectivity index (χ1) is 12.6. The van der Waals surface area contributed by atoms with Gasteiger partial charge in [-0.1, -0.05) is 12.1 Å². The minimum atomic E-state index is -0.296. The van der Waals surface area contributed by atoms with Crippen LogP contribution in [-0.4, -0.2) is 31.7 Å². The van der Waals surface area contributed by atoms with Crippen molar-refractivity contribution in [2.45, 2.75) is 19.9 Å². The average molecular weight is 353 g/mol. The van der Waals surface area contributed by atoms with Crippen LogP contribution in [0.4, 0.5) is 0 Å². The number of nitrogens with two attached hydrogens (primary N) is 1. The lowest BCUT2D eigenvalue weighted by Crippen LogP contribution is -2.83. The van der Waals surface area contributed by atoms with Crippen molar-refractivity contribution < 1.29 is 19.6 Å². The zero-order valence-corrected chi connectivity index (χ0v) is 15.5. The summed E-state index contributed by atoms with van der Waals surface area (Å²) in [4.78, 5) is 15.1. The maximum atomic E-state index is 11.6. The maximum Gasteiger partial charge on any atom is 0.337 e. The third-order valence-electron chi connectivity index (χ3n) is 4.65. The highest BCUT2D eigenvalue weighted by Gasteiger charge is 2.11. The summed E-state index contributed by atoms with van der Waals surface area (Å²) in [6, 6.07) is 13.7. The van der Waals surface area contributed by atoms with E-state index in [1.54, 1.807) is 13.2 Å². The van der Waals surface area contributed by atoms with Crippen molar-refractivity contribution in [3.63, 3.8) is 0 Å². The van der Waals surface area contributed by atoms with Crippen LogP contribution in [0.5, 0.6) is 5.75 Å². The lowest BCUT2D eigenvalue weighted by molar-refractivity contribution is -0.670. The Morgan fingerprint density at radius 1 is 1.15 bits per heavy atom. The number of carbonyl (C=O) groups excluding carboxylic acids is 1. The molecule has 0 spiro atoms. The lowest BCUT2D eigenvalue weighted by Gasteiger charge is -2.05. The van der Waals surface area contributed by atoms with Crippen molar-refractivity contribution in [1.82, 2.24) is 4.98 Å². The molecule has 0 amide bonds. The number of hydrogen-bond donors (Lipinski definition) is 2. The van der Waals surface area contributed by atoms with Gasteiger partial charge in [-0.25, -0.2) is 4.79 Å². The minimum Gasteiger partial charge on any atom is -0.497 e. The summed E-state index contributed by atoms with van der Waals surface area (Å²) in [5, 5.41) is 3.48. The first-order valence-electron chi connectivity index (χ1n) is 8.76. The molecule has 0 radical (unpaired) electrons. The van der Waals surface area contributed by atoms with Crippen molar-refractivity contribution >= 4 is 16.9 Å².